The number of nitrogens with one attached hydrogen (secondary N) is 2. The molecule has 0 radical (unpaired) electrons. The number of carbonyl (C=O) groups excluding carboxylic acids is 2. The number of para-hydroxylation sites is 1. The molecule has 3 aromatic carbocycles. The second kappa shape index (κ2) is 11.9. The van der Waals surface area contributed by atoms with Crippen molar-refractivity contribution >= 4 is 22.8 Å². The molecule has 2 N–H and O–H groups in total. The summed E-state index contributed by atoms with van der Waals surface area (Å²) in [5.74, 6) is -0.0609. The molecule has 1 heterocycles. The van der Waals surface area contributed by atoms with E-state index in [1.807, 2.05) is 12.1 Å². The van der Waals surface area contributed by atoms with Gasteiger partial charge in [0.2, 0.25) is 5.55 Å². The van der Waals surface area contributed by atoms with Gasteiger partial charge in [-0.25, -0.2) is 9.82 Å². The van der Waals surface area contributed by atoms with E-state index in [2.05, 4.69) is 15.8 Å². The number of carbonyl (C=O) groups is 2. The van der Waals surface area contributed by atoms with Crippen molar-refractivity contribution in [3.8, 4) is 17.2 Å². The number of hydrogen-bond donors (Lipinski definition) is 2. The number of rotatable bonds is 9. The summed E-state index contributed by atoms with van der Waals surface area (Å²) < 4.78 is 35.4. The highest BCUT2D eigenvalue weighted by molar-refractivity contribution is 5.97. The van der Waals surface area contributed by atoms with E-state index in [0.29, 0.717) is 41.2 Å². The highest BCUT2D eigenvalue weighted by Gasteiger charge is 2.16. The maximum atomic E-state index is 13.5. The Balaban J connectivity index is 1.60. The first-order valence-electron chi connectivity index (χ1n) is 11.6. The van der Waals surface area contributed by atoms with Gasteiger partial charge in [-0.05, 0) is 54.4 Å². The number of ether oxygens (including phenoxy) is 3. The van der Waals surface area contributed by atoms with Crippen LogP contribution in [0.25, 0.3) is 11.0 Å². The number of methoxy groups -OCH3 is 3. The highest BCUT2D eigenvalue weighted by atomic mass is 19.1. The zero-order chi connectivity index (χ0) is 27.1. The van der Waals surface area contributed by atoms with E-state index in [1.165, 1.54) is 25.3 Å². The molecule has 4 rings (SSSR count). The van der Waals surface area contributed by atoms with Crippen molar-refractivity contribution in [3.63, 3.8) is 0 Å². The molecule has 0 spiro atoms. The van der Waals surface area contributed by atoms with E-state index >= 15 is 0 Å². The van der Waals surface area contributed by atoms with Crippen molar-refractivity contribution in [3.05, 3.63) is 94.8 Å². The smallest absolute Gasteiger partial charge is 0.271 e. The first-order chi connectivity index (χ1) is 18.4. The lowest BCUT2D eigenvalue weighted by Crippen LogP contribution is -2.32. The third kappa shape index (κ3) is 5.92. The molecule has 0 fully saturated rings. The zero-order valence-corrected chi connectivity index (χ0v) is 21.0. The molecule has 196 valence electrons. The van der Waals surface area contributed by atoms with E-state index in [1.54, 1.807) is 44.6 Å². The second-order valence-electron chi connectivity index (χ2n) is 8.10. The quantitative estimate of drug-likeness (QED) is 0.325. The minimum atomic E-state index is -0.667. The summed E-state index contributed by atoms with van der Waals surface area (Å²) in [6.07, 6.45) is 0.521. The summed E-state index contributed by atoms with van der Waals surface area (Å²) in [7, 11) is 4.60. The lowest BCUT2D eigenvalue weighted by Gasteiger charge is -2.11. The normalized spacial score (nSPS) is 11.2. The second-order valence-corrected chi connectivity index (χ2v) is 8.10. The molecule has 0 aliphatic carbocycles. The average Bonchev–Trinajstić information content (AvgIpc) is 2.94. The van der Waals surface area contributed by atoms with Crippen LogP contribution in [0.5, 0.6) is 17.2 Å². The average molecular weight is 520 g/mol. The Morgan fingerprint density at radius 2 is 1.63 bits per heavy atom. The Hall–Kier alpha value is -4.86. The molecule has 0 saturated carbocycles. The van der Waals surface area contributed by atoms with Crippen molar-refractivity contribution < 1.29 is 32.6 Å². The fourth-order valence-electron chi connectivity index (χ4n) is 3.78. The van der Waals surface area contributed by atoms with Crippen LogP contribution in [0.15, 0.2) is 76.2 Å². The van der Waals surface area contributed by atoms with Crippen LogP contribution in [-0.2, 0) is 6.42 Å². The molecular weight excluding hydrogens is 493 g/mol. The van der Waals surface area contributed by atoms with Crippen LogP contribution in [0.1, 0.15) is 26.3 Å². The third-order valence-electron chi connectivity index (χ3n) is 5.70. The van der Waals surface area contributed by atoms with E-state index < -0.39 is 17.6 Å². The van der Waals surface area contributed by atoms with E-state index in [0.717, 1.165) is 11.6 Å². The summed E-state index contributed by atoms with van der Waals surface area (Å²) in [4.78, 5) is 25.7. The maximum absolute atomic E-state index is 13.5. The molecule has 0 bridgehead atoms. The maximum Gasteiger partial charge on any atom is 0.271 e. The molecule has 0 saturated heterocycles. The Morgan fingerprint density at radius 3 is 2.37 bits per heavy atom. The summed E-state index contributed by atoms with van der Waals surface area (Å²) in [5, 5.41) is 7.48. The fraction of sp³-hybridized carbons (Fsp3) is 0.179. The van der Waals surface area contributed by atoms with Crippen LogP contribution in [-0.4, -0.2) is 39.7 Å². The number of nitrogens with zero attached hydrogens (tertiary/aromatic N) is 1. The van der Waals surface area contributed by atoms with Gasteiger partial charge in [-0.2, -0.15) is 0 Å². The molecule has 2 amide bonds. The van der Waals surface area contributed by atoms with Crippen LogP contribution >= 0.6 is 0 Å². The molecule has 0 aliphatic rings. The minimum absolute atomic E-state index is 0.0630. The van der Waals surface area contributed by atoms with Crippen LogP contribution in [0.2, 0.25) is 0 Å². The van der Waals surface area contributed by atoms with E-state index in [-0.39, 0.29) is 16.7 Å². The monoisotopic (exact) mass is 519 g/mol. The Morgan fingerprint density at radius 1 is 0.868 bits per heavy atom. The third-order valence-corrected chi connectivity index (χ3v) is 5.70. The van der Waals surface area contributed by atoms with Gasteiger partial charge in [0, 0.05) is 17.5 Å². The largest absolute Gasteiger partial charge is 0.493 e. The van der Waals surface area contributed by atoms with Gasteiger partial charge in [0.05, 0.1) is 21.3 Å². The van der Waals surface area contributed by atoms with Crippen LogP contribution in [0.4, 0.5) is 4.39 Å². The lowest BCUT2D eigenvalue weighted by atomic mass is 10.1. The van der Waals surface area contributed by atoms with Gasteiger partial charge < -0.3 is 23.9 Å². The first-order valence-corrected chi connectivity index (χ1v) is 11.6. The Bertz CT molecular complexity index is 1550. The van der Waals surface area contributed by atoms with E-state index in [9.17, 15) is 14.0 Å². The van der Waals surface area contributed by atoms with Gasteiger partial charge in [-0.1, -0.05) is 24.3 Å². The molecule has 1 aromatic heterocycles. The SMILES string of the molecule is COc1ccc(CCNC(=O)c2cc3cccc(OC)c3o/c2=N\NC(=O)c2cccc(F)c2)cc1OC. The molecule has 38 heavy (non-hydrogen) atoms. The van der Waals surface area contributed by atoms with Crippen molar-refractivity contribution in [1.82, 2.24) is 10.7 Å². The number of fused-ring (bicyclic) bond motifs is 1. The molecule has 0 aliphatic heterocycles. The standard InChI is InChI=1S/C28H26FN3O6/c1-35-22-11-10-17(14-24(22)37-3)12-13-30-27(34)21-16-18-6-5-9-23(36-2)25(18)38-28(21)32-31-26(33)19-7-4-8-20(29)15-19/h4-11,14-16H,12-13H2,1-3H3,(H,30,34)(H,31,33)/b32-28-. The molecule has 0 unspecified atom stereocenters. The fourth-order valence-corrected chi connectivity index (χ4v) is 3.78. The van der Waals surface area contributed by atoms with Gasteiger partial charge in [0.1, 0.15) is 11.4 Å². The molecular formula is C28H26FN3O6. The zero-order valence-electron chi connectivity index (χ0n) is 21.0. The molecule has 0 atom stereocenters. The number of hydrogen-bond acceptors (Lipinski definition) is 7. The topological polar surface area (TPSA) is 111 Å². The summed E-state index contributed by atoms with van der Waals surface area (Å²) in [6.45, 7) is 0.305. The highest BCUT2D eigenvalue weighted by Crippen LogP contribution is 2.27. The molecule has 10 heteroatoms. The van der Waals surface area contributed by atoms with E-state index in [4.69, 9.17) is 18.6 Å². The number of amides is 2. The van der Waals surface area contributed by atoms with Crippen molar-refractivity contribution in [2.75, 3.05) is 27.9 Å². The minimum Gasteiger partial charge on any atom is -0.493 e. The summed E-state index contributed by atoms with van der Waals surface area (Å²) >= 11 is 0. The van der Waals surface area contributed by atoms with Crippen molar-refractivity contribution in [2.45, 2.75) is 6.42 Å². The van der Waals surface area contributed by atoms with Gasteiger partial charge in [-0.3, -0.25) is 9.59 Å². The molecule has 9 nitrogen and oxygen atoms in total. The number of halogens is 1. The Labute approximate surface area is 217 Å². The van der Waals surface area contributed by atoms with Crippen LogP contribution in [0.3, 0.4) is 0 Å². The predicted molar refractivity (Wildman–Crippen MR) is 138 cm³/mol. The van der Waals surface area contributed by atoms with Crippen LogP contribution < -0.4 is 30.5 Å². The van der Waals surface area contributed by atoms with Gasteiger partial charge in [0.15, 0.2) is 22.8 Å². The first kappa shape index (κ1) is 26.2. The van der Waals surface area contributed by atoms with Gasteiger partial charge >= 0.3 is 0 Å². The van der Waals surface area contributed by atoms with Crippen molar-refractivity contribution in [2.24, 2.45) is 5.10 Å². The van der Waals surface area contributed by atoms with Crippen molar-refractivity contribution in [1.29, 1.82) is 0 Å². The van der Waals surface area contributed by atoms with Gasteiger partial charge in [-0.15, -0.1) is 5.10 Å². The van der Waals surface area contributed by atoms with Crippen LogP contribution in [0, 0.1) is 5.82 Å². The summed E-state index contributed by atoms with van der Waals surface area (Å²) in [5.41, 5.74) is 3.62. The lowest BCUT2D eigenvalue weighted by molar-refractivity contribution is 0.0934. The predicted octanol–water partition coefficient (Wildman–Crippen LogP) is 3.82. The number of benzene rings is 3. The summed E-state index contributed by atoms with van der Waals surface area (Å²) in [6, 6.07) is 17.5. The van der Waals surface area contributed by atoms with Gasteiger partial charge in [0.25, 0.3) is 11.8 Å². The molecule has 4 aromatic rings. The Kier molecular flexibility index (Phi) is 8.22.